The van der Waals surface area contributed by atoms with Crippen LogP contribution in [-0.4, -0.2) is 29.9 Å². The molecule has 0 bridgehead atoms. The number of rotatable bonds is 4. The van der Waals surface area contributed by atoms with E-state index in [9.17, 15) is 23.6 Å². The molecule has 0 aliphatic heterocycles. The molecule has 0 saturated carbocycles. The number of hydrogen-bond acceptors (Lipinski definition) is 4. The highest BCUT2D eigenvalue weighted by molar-refractivity contribution is 7.92. The van der Waals surface area contributed by atoms with Crippen molar-refractivity contribution in [1.29, 1.82) is 5.26 Å². The number of sulfonamides is 1. The molecule has 1 heterocycles. The van der Waals surface area contributed by atoms with Crippen molar-refractivity contribution in [3.63, 3.8) is 0 Å². The van der Waals surface area contributed by atoms with Crippen LogP contribution in [0.4, 0.5) is 10.5 Å². The summed E-state index contributed by atoms with van der Waals surface area (Å²) in [7, 11) is -3.39. The predicted octanol–water partition coefficient (Wildman–Crippen LogP) is 3.61. The summed E-state index contributed by atoms with van der Waals surface area (Å²) in [6, 6.07) is 10.0. The number of carboxylic acid groups (broad SMARTS) is 1. The molecular formula is C18H21N3O4S. The summed E-state index contributed by atoms with van der Waals surface area (Å²) >= 11 is 0. The van der Waals surface area contributed by atoms with Crippen LogP contribution in [0.1, 0.15) is 39.0 Å². The minimum absolute atomic E-state index is 0.0446. The number of aromatic nitrogens is 1. The summed E-state index contributed by atoms with van der Waals surface area (Å²) in [4.78, 5) is 11.7. The Kier molecular flexibility index (Phi) is 5.14. The van der Waals surface area contributed by atoms with Gasteiger partial charge in [0.15, 0.2) is 0 Å². The van der Waals surface area contributed by atoms with Gasteiger partial charge in [0.2, 0.25) is 10.0 Å². The zero-order chi connectivity index (χ0) is 19.7. The minimum atomic E-state index is -3.39. The first kappa shape index (κ1) is 19.5. The molecule has 0 aliphatic carbocycles. The van der Waals surface area contributed by atoms with Gasteiger partial charge < -0.3 is 5.11 Å². The van der Waals surface area contributed by atoms with Crippen molar-refractivity contribution in [2.45, 2.75) is 33.1 Å². The van der Waals surface area contributed by atoms with Gasteiger partial charge in [0.05, 0.1) is 11.4 Å². The number of anilines is 1. The smallest absolute Gasteiger partial charge is 0.417 e. The molecule has 0 fully saturated rings. The zero-order valence-electron chi connectivity index (χ0n) is 15.1. The Balaban J connectivity index is 2.57. The molecule has 0 aliphatic rings. The Morgan fingerprint density at radius 3 is 2.27 bits per heavy atom. The summed E-state index contributed by atoms with van der Waals surface area (Å²) in [6.45, 7) is 7.25. The second kappa shape index (κ2) is 6.84. The van der Waals surface area contributed by atoms with Crippen LogP contribution in [0.25, 0.3) is 11.3 Å². The highest BCUT2D eigenvalue weighted by Crippen LogP contribution is 2.33. The molecule has 2 aromatic rings. The first-order valence-electron chi connectivity index (χ1n) is 8.00. The molecule has 0 spiro atoms. The first-order valence-corrected chi connectivity index (χ1v) is 9.66. The van der Waals surface area contributed by atoms with Crippen molar-refractivity contribution in [3.8, 4) is 17.3 Å². The second-order valence-corrected chi connectivity index (χ2v) is 8.87. The lowest BCUT2D eigenvalue weighted by molar-refractivity contribution is 0.196. The first-order chi connectivity index (χ1) is 12.0. The van der Waals surface area contributed by atoms with Gasteiger partial charge in [-0.05, 0) is 41.7 Å². The lowest BCUT2D eigenvalue weighted by Gasteiger charge is -2.17. The Morgan fingerprint density at radius 1 is 1.27 bits per heavy atom. The number of nitrogens with one attached hydrogen (secondary N) is 1. The molecular weight excluding hydrogens is 354 g/mol. The van der Waals surface area contributed by atoms with Crippen molar-refractivity contribution in [3.05, 3.63) is 41.6 Å². The van der Waals surface area contributed by atoms with E-state index in [2.05, 4.69) is 4.72 Å². The molecule has 0 radical (unpaired) electrons. The molecule has 1 aromatic carbocycles. The molecule has 0 saturated heterocycles. The van der Waals surface area contributed by atoms with E-state index < -0.39 is 21.5 Å². The minimum Gasteiger partial charge on any atom is -0.464 e. The van der Waals surface area contributed by atoms with Gasteiger partial charge in [-0.25, -0.2) is 17.8 Å². The lowest BCUT2D eigenvalue weighted by atomic mass is 9.87. The summed E-state index contributed by atoms with van der Waals surface area (Å²) in [5.74, 6) is -0.0446. The van der Waals surface area contributed by atoms with E-state index in [0.717, 1.165) is 4.57 Å². The van der Waals surface area contributed by atoms with Crippen LogP contribution in [-0.2, 0) is 15.4 Å². The van der Waals surface area contributed by atoms with E-state index in [1.165, 1.54) is 6.92 Å². The number of nitrogens with zero attached hydrogens (tertiary/aromatic N) is 2. The van der Waals surface area contributed by atoms with Gasteiger partial charge in [0.1, 0.15) is 11.8 Å². The van der Waals surface area contributed by atoms with E-state index in [-0.39, 0.29) is 11.4 Å². The average molecular weight is 375 g/mol. The van der Waals surface area contributed by atoms with Crippen LogP contribution in [0.2, 0.25) is 0 Å². The van der Waals surface area contributed by atoms with Gasteiger partial charge in [-0.15, -0.1) is 0 Å². The van der Waals surface area contributed by atoms with Crippen molar-refractivity contribution in [1.82, 2.24) is 4.57 Å². The van der Waals surface area contributed by atoms with E-state index in [0.29, 0.717) is 22.5 Å². The molecule has 7 nitrogen and oxygen atoms in total. The van der Waals surface area contributed by atoms with Crippen LogP contribution in [0.3, 0.4) is 0 Å². The van der Waals surface area contributed by atoms with Gasteiger partial charge in [0.25, 0.3) is 0 Å². The van der Waals surface area contributed by atoms with E-state index in [4.69, 9.17) is 0 Å². The monoisotopic (exact) mass is 375 g/mol. The van der Waals surface area contributed by atoms with Gasteiger partial charge in [0, 0.05) is 5.69 Å². The average Bonchev–Trinajstić information content (AvgIpc) is 2.95. The Hall–Kier alpha value is -2.79. The second-order valence-electron chi connectivity index (χ2n) is 6.85. The molecule has 26 heavy (non-hydrogen) atoms. The van der Waals surface area contributed by atoms with Crippen LogP contribution in [0.15, 0.2) is 30.3 Å². The zero-order valence-corrected chi connectivity index (χ0v) is 15.9. The van der Waals surface area contributed by atoms with E-state index in [1.54, 1.807) is 30.3 Å². The molecule has 1 aromatic heterocycles. The molecule has 0 atom stereocenters. The summed E-state index contributed by atoms with van der Waals surface area (Å²) < 4.78 is 26.7. The fourth-order valence-electron chi connectivity index (χ4n) is 2.56. The molecule has 2 N–H and O–H groups in total. The molecule has 2 rings (SSSR count). The fraction of sp³-hybridized carbons (Fsp3) is 0.333. The molecule has 8 heteroatoms. The van der Waals surface area contributed by atoms with Crippen LogP contribution in [0, 0.1) is 11.3 Å². The maximum Gasteiger partial charge on any atom is 0.417 e. The number of hydrogen-bond donors (Lipinski definition) is 2. The summed E-state index contributed by atoms with van der Waals surface area (Å²) in [6.07, 6.45) is -1.25. The topological polar surface area (TPSA) is 112 Å². The SMILES string of the molecule is CCS(=O)(=O)Nc1ccc(-c2cc(C(C)(C)C)c(C#N)n2C(=O)O)cc1. The fourth-order valence-corrected chi connectivity index (χ4v) is 3.20. The predicted molar refractivity (Wildman–Crippen MR) is 99.8 cm³/mol. The highest BCUT2D eigenvalue weighted by atomic mass is 32.2. The van der Waals surface area contributed by atoms with Gasteiger partial charge >= 0.3 is 6.09 Å². The quantitative estimate of drug-likeness (QED) is 0.847. The third kappa shape index (κ3) is 3.89. The largest absolute Gasteiger partial charge is 0.464 e. The van der Waals surface area contributed by atoms with Crippen molar-refractivity contribution < 1.29 is 18.3 Å². The number of benzene rings is 1. The van der Waals surface area contributed by atoms with Gasteiger partial charge in [-0.3, -0.25) is 4.72 Å². The lowest BCUT2D eigenvalue weighted by Crippen LogP contribution is -2.16. The number of nitriles is 1. The third-order valence-corrected chi connectivity index (χ3v) is 5.25. The van der Waals surface area contributed by atoms with Crippen LogP contribution < -0.4 is 4.72 Å². The van der Waals surface area contributed by atoms with Crippen LogP contribution >= 0.6 is 0 Å². The van der Waals surface area contributed by atoms with Crippen LogP contribution in [0.5, 0.6) is 0 Å². The number of carbonyl (C=O) groups is 1. The highest BCUT2D eigenvalue weighted by Gasteiger charge is 2.27. The van der Waals surface area contributed by atoms with Crippen molar-refractivity contribution in [2.75, 3.05) is 10.5 Å². The van der Waals surface area contributed by atoms with Crippen molar-refractivity contribution >= 4 is 21.8 Å². The van der Waals surface area contributed by atoms with E-state index >= 15 is 0 Å². The van der Waals surface area contributed by atoms with E-state index in [1.807, 2.05) is 26.8 Å². The Labute approximate surface area is 152 Å². The molecule has 138 valence electrons. The third-order valence-electron chi connectivity index (χ3n) is 3.94. The normalized spacial score (nSPS) is 11.8. The summed E-state index contributed by atoms with van der Waals surface area (Å²) in [5, 5.41) is 19.0. The van der Waals surface area contributed by atoms with Gasteiger partial charge in [-0.2, -0.15) is 5.26 Å². The standard InChI is InChI=1S/C18H21N3O4S/c1-5-26(24,25)20-13-8-6-12(7-9-13)15-10-14(18(2,3)4)16(11-19)21(15)17(22)23/h6-10,20H,5H2,1-4H3,(H,22,23). The van der Waals surface area contributed by atoms with Crippen molar-refractivity contribution in [2.24, 2.45) is 0 Å². The maximum absolute atomic E-state index is 11.7. The summed E-state index contributed by atoms with van der Waals surface area (Å²) in [5.41, 5.74) is 1.63. The van der Waals surface area contributed by atoms with Gasteiger partial charge in [-0.1, -0.05) is 32.9 Å². The maximum atomic E-state index is 11.7. The molecule has 0 amide bonds. The Bertz CT molecular complexity index is 975. The molecule has 0 unspecified atom stereocenters. The Morgan fingerprint density at radius 2 is 1.85 bits per heavy atom.